The van der Waals surface area contributed by atoms with Crippen molar-refractivity contribution in [1.82, 2.24) is 5.32 Å². The number of thioether (sulfide) groups is 1. The molecule has 0 aromatic heterocycles. The molecule has 0 fully saturated rings. The standard InChI is InChI=1S/C22H19NO4S/c24-20(12-16-6-2-1-3-7-16)23-21(25)14-27-22(26)15-28-19-11-10-17-8-4-5-9-18(17)13-19/h1-11,13H,12,14-15H2,(H,23,24,25). The molecule has 0 saturated carbocycles. The number of esters is 1. The van der Waals surface area contributed by atoms with Gasteiger partial charge in [-0.25, -0.2) is 0 Å². The van der Waals surface area contributed by atoms with Crippen molar-refractivity contribution in [2.45, 2.75) is 11.3 Å². The largest absolute Gasteiger partial charge is 0.455 e. The van der Waals surface area contributed by atoms with E-state index in [1.165, 1.54) is 11.8 Å². The van der Waals surface area contributed by atoms with Crippen LogP contribution in [0.3, 0.4) is 0 Å². The van der Waals surface area contributed by atoms with Gasteiger partial charge in [-0.2, -0.15) is 0 Å². The van der Waals surface area contributed by atoms with E-state index in [1.807, 2.05) is 60.7 Å². The summed E-state index contributed by atoms with van der Waals surface area (Å²) < 4.78 is 4.94. The minimum absolute atomic E-state index is 0.0869. The van der Waals surface area contributed by atoms with Gasteiger partial charge in [0.15, 0.2) is 6.61 Å². The molecule has 0 aliphatic rings. The summed E-state index contributed by atoms with van der Waals surface area (Å²) in [5.74, 6) is -1.49. The lowest BCUT2D eigenvalue weighted by Gasteiger charge is -2.06. The zero-order valence-electron chi connectivity index (χ0n) is 15.1. The second-order valence-corrected chi connectivity index (χ2v) is 7.14. The molecule has 28 heavy (non-hydrogen) atoms. The number of carbonyl (C=O) groups excluding carboxylic acids is 3. The summed E-state index contributed by atoms with van der Waals surface area (Å²) >= 11 is 1.34. The minimum atomic E-state index is -0.634. The van der Waals surface area contributed by atoms with Crippen LogP contribution >= 0.6 is 11.8 Å². The second kappa shape index (κ2) is 9.71. The highest BCUT2D eigenvalue weighted by Gasteiger charge is 2.12. The van der Waals surface area contributed by atoms with E-state index in [9.17, 15) is 14.4 Å². The van der Waals surface area contributed by atoms with Crippen LogP contribution in [0, 0.1) is 0 Å². The van der Waals surface area contributed by atoms with E-state index in [0.29, 0.717) is 0 Å². The van der Waals surface area contributed by atoms with Gasteiger partial charge >= 0.3 is 5.97 Å². The van der Waals surface area contributed by atoms with Crippen molar-refractivity contribution in [2.75, 3.05) is 12.4 Å². The predicted molar refractivity (Wildman–Crippen MR) is 109 cm³/mol. The lowest BCUT2D eigenvalue weighted by atomic mass is 10.1. The summed E-state index contributed by atoms with van der Waals surface area (Å²) in [5.41, 5.74) is 0.802. The van der Waals surface area contributed by atoms with Gasteiger partial charge in [-0.15, -0.1) is 11.8 Å². The number of rotatable bonds is 7. The van der Waals surface area contributed by atoms with Crippen LogP contribution < -0.4 is 5.32 Å². The molecule has 0 saturated heterocycles. The van der Waals surface area contributed by atoms with Crippen molar-refractivity contribution in [3.05, 3.63) is 78.4 Å². The van der Waals surface area contributed by atoms with E-state index in [1.54, 1.807) is 12.1 Å². The Kier molecular flexibility index (Phi) is 6.81. The van der Waals surface area contributed by atoms with Crippen molar-refractivity contribution in [3.8, 4) is 0 Å². The van der Waals surface area contributed by atoms with Gasteiger partial charge < -0.3 is 4.74 Å². The first-order chi connectivity index (χ1) is 13.6. The van der Waals surface area contributed by atoms with E-state index < -0.39 is 24.4 Å². The number of amides is 2. The monoisotopic (exact) mass is 393 g/mol. The highest BCUT2D eigenvalue weighted by Crippen LogP contribution is 2.23. The Bertz CT molecular complexity index is 988. The Balaban J connectivity index is 1.39. The van der Waals surface area contributed by atoms with Crippen LogP contribution in [0.25, 0.3) is 10.8 Å². The minimum Gasteiger partial charge on any atom is -0.455 e. The van der Waals surface area contributed by atoms with E-state index in [4.69, 9.17) is 4.74 Å². The fourth-order valence-corrected chi connectivity index (χ4v) is 3.35. The zero-order valence-corrected chi connectivity index (χ0v) is 15.9. The van der Waals surface area contributed by atoms with Crippen molar-refractivity contribution >= 4 is 40.3 Å². The number of nitrogens with one attached hydrogen (secondary N) is 1. The van der Waals surface area contributed by atoms with Crippen molar-refractivity contribution in [3.63, 3.8) is 0 Å². The predicted octanol–water partition coefficient (Wildman–Crippen LogP) is 3.36. The van der Waals surface area contributed by atoms with Crippen molar-refractivity contribution in [1.29, 1.82) is 0 Å². The molecule has 142 valence electrons. The van der Waals surface area contributed by atoms with Gasteiger partial charge in [-0.3, -0.25) is 19.7 Å². The first-order valence-electron chi connectivity index (χ1n) is 8.74. The molecular weight excluding hydrogens is 374 g/mol. The number of carbonyl (C=O) groups is 3. The number of ether oxygens (including phenoxy) is 1. The number of hydrogen-bond donors (Lipinski definition) is 1. The third-order valence-corrected chi connectivity index (χ3v) is 4.90. The summed E-state index contributed by atoms with van der Waals surface area (Å²) in [6.45, 7) is -0.475. The third-order valence-electron chi connectivity index (χ3n) is 3.93. The molecule has 3 aromatic carbocycles. The molecule has 3 aromatic rings. The molecule has 0 bridgehead atoms. The molecule has 0 unspecified atom stereocenters. The van der Waals surface area contributed by atoms with Gasteiger partial charge in [0, 0.05) is 4.90 Å². The lowest BCUT2D eigenvalue weighted by molar-refractivity contribution is -0.147. The molecule has 1 N–H and O–H groups in total. The van der Waals surface area contributed by atoms with Crippen LogP contribution in [-0.4, -0.2) is 30.1 Å². The number of imide groups is 1. The molecule has 0 heterocycles. The second-order valence-electron chi connectivity index (χ2n) is 6.09. The fourth-order valence-electron chi connectivity index (χ4n) is 2.60. The first kappa shape index (κ1) is 19.6. The number of fused-ring (bicyclic) bond motifs is 1. The van der Waals surface area contributed by atoms with E-state index in [0.717, 1.165) is 21.2 Å². The smallest absolute Gasteiger partial charge is 0.316 e. The SMILES string of the molecule is O=C(COC(=O)CSc1ccc2ccccc2c1)NC(=O)Cc1ccccc1. The maximum Gasteiger partial charge on any atom is 0.316 e. The van der Waals surface area contributed by atoms with Crippen molar-refractivity contribution in [2.24, 2.45) is 0 Å². The van der Waals surface area contributed by atoms with Gasteiger partial charge in [-0.05, 0) is 28.5 Å². The molecule has 0 atom stereocenters. The first-order valence-corrected chi connectivity index (χ1v) is 9.72. The Labute approximate surface area is 167 Å². The van der Waals surface area contributed by atoms with Crippen molar-refractivity contribution < 1.29 is 19.1 Å². The highest BCUT2D eigenvalue weighted by atomic mass is 32.2. The Morgan fingerprint density at radius 2 is 1.54 bits per heavy atom. The highest BCUT2D eigenvalue weighted by molar-refractivity contribution is 8.00. The summed E-state index contributed by atoms with van der Waals surface area (Å²) in [4.78, 5) is 36.4. The Morgan fingerprint density at radius 1 is 0.821 bits per heavy atom. The van der Waals surface area contributed by atoms with Gasteiger partial charge in [0.25, 0.3) is 5.91 Å². The summed E-state index contributed by atoms with van der Waals surface area (Å²) in [7, 11) is 0. The molecule has 0 radical (unpaired) electrons. The van der Waals surface area contributed by atoms with Gasteiger partial charge in [0.2, 0.25) is 5.91 Å². The summed E-state index contributed by atoms with van der Waals surface area (Å²) in [5, 5.41) is 4.44. The molecule has 5 nitrogen and oxygen atoms in total. The van der Waals surface area contributed by atoms with E-state index in [-0.39, 0.29) is 12.2 Å². The quantitative estimate of drug-likeness (QED) is 0.492. The maximum absolute atomic E-state index is 11.9. The molecule has 6 heteroatoms. The number of hydrogen-bond acceptors (Lipinski definition) is 5. The van der Waals surface area contributed by atoms with Crippen LogP contribution in [0.5, 0.6) is 0 Å². The summed E-state index contributed by atoms with van der Waals surface area (Å²) in [6.07, 6.45) is 0.0956. The normalized spacial score (nSPS) is 10.4. The van der Waals surface area contributed by atoms with Gasteiger partial charge in [0.05, 0.1) is 12.2 Å². The third kappa shape index (κ3) is 5.96. The molecule has 3 rings (SSSR count). The van der Waals surface area contributed by atoms with Crippen LogP contribution in [0.4, 0.5) is 0 Å². The molecule has 0 spiro atoms. The van der Waals surface area contributed by atoms with Gasteiger partial charge in [0.1, 0.15) is 0 Å². The average molecular weight is 393 g/mol. The Hall–Kier alpha value is -3.12. The Morgan fingerprint density at radius 3 is 2.32 bits per heavy atom. The van der Waals surface area contributed by atoms with Gasteiger partial charge in [-0.1, -0.05) is 60.7 Å². The molecule has 0 aliphatic carbocycles. The fraction of sp³-hybridized carbons (Fsp3) is 0.136. The lowest BCUT2D eigenvalue weighted by Crippen LogP contribution is -2.35. The van der Waals surface area contributed by atoms with Crippen LogP contribution in [0.2, 0.25) is 0 Å². The van der Waals surface area contributed by atoms with E-state index >= 15 is 0 Å². The molecule has 2 amide bonds. The average Bonchev–Trinajstić information content (AvgIpc) is 2.71. The topological polar surface area (TPSA) is 72.5 Å². The summed E-state index contributed by atoms with van der Waals surface area (Å²) in [6, 6.07) is 23.0. The molecular formula is C22H19NO4S. The van der Waals surface area contributed by atoms with E-state index in [2.05, 4.69) is 5.32 Å². The van der Waals surface area contributed by atoms with Crippen LogP contribution in [-0.2, 0) is 25.5 Å². The zero-order chi connectivity index (χ0) is 19.8. The van der Waals surface area contributed by atoms with Crippen LogP contribution in [0.15, 0.2) is 77.7 Å². The van der Waals surface area contributed by atoms with Crippen LogP contribution in [0.1, 0.15) is 5.56 Å². The molecule has 0 aliphatic heterocycles. The number of benzene rings is 3. The maximum atomic E-state index is 11.9.